The molecular formula is C9H13FN2O5. The monoisotopic (exact) mass is 248 g/mol. The number of carbonyl (C=O) groups excluding carboxylic acids is 1. The van der Waals surface area contributed by atoms with Gasteiger partial charge in [-0.05, 0) is 0 Å². The van der Waals surface area contributed by atoms with E-state index in [0.717, 1.165) is 11.1 Å². The van der Waals surface area contributed by atoms with E-state index in [9.17, 15) is 14.3 Å². The lowest BCUT2D eigenvalue weighted by molar-refractivity contribution is -0.0682. The van der Waals surface area contributed by atoms with Crippen LogP contribution in [-0.2, 0) is 9.47 Å². The minimum absolute atomic E-state index is 0.0688. The van der Waals surface area contributed by atoms with E-state index in [1.54, 1.807) is 0 Å². The molecule has 1 saturated heterocycles. The third-order valence-electron chi connectivity index (χ3n) is 2.67. The standard InChI is InChI=1S/C9H13FN2O5/c10-4-2-12(9(15)17-8(4)11)7-1-5(14)6(3-13)16-7/h2,5-8,13-14H,1,3,11H2/t5-,6+,7+,8?/m0/s1. The Morgan fingerprint density at radius 2 is 2.35 bits per heavy atom. The number of halogens is 1. The fourth-order valence-electron chi connectivity index (χ4n) is 1.74. The summed E-state index contributed by atoms with van der Waals surface area (Å²) >= 11 is 0. The lowest BCUT2D eigenvalue weighted by Crippen LogP contribution is -2.45. The molecule has 2 aliphatic rings. The van der Waals surface area contributed by atoms with Crippen LogP contribution in [0.1, 0.15) is 6.42 Å². The van der Waals surface area contributed by atoms with E-state index in [0.29, 0.717) is 0 Å². The predicted octanol–water partition coefficient (Wildman–Crippen LogP) is -0.998. The van der Waals surface area contributed by atoms with E-state index < -0.39 is 36.6 Å². The maximum atomic E-state index is 13.2. The Bertz CT molecular complexity index is 350. The molecular weight excluding hydrogens is 235 g/mol. The van der Waals surface area contributed by atoms with Crippen molar-refractivity contribution in [3.05, 3.63) is 12.0 Å². The van der Waals surface area contributed by atoms with Gasteiger partial charge in [-0.25, -0.2) is 9.18 Å². The summed E-state index contributed by atoms with van der Waals surface area (Å²) in [7, 11) is 0. The van der Waals surface area contributed by atoms with Gasteiger partial charge in [0, 0.05) is 12.6 Å². The molecule has 0 aliphatic carbocycles. The SMILES string of the molecule is NC1OC(=O)N([C@H]2C[C@H](O)[C@@H](CO)O2)C=C1F. The summed E-state index contributed by atoms with van der Waals surface area (Å²) in [4.78, 5) is 12.3. The van der Waals surface area contributed by atoms with Crippen LogP contribution >= 0.6 is 0 Å². The minimum Gasteiger partial charge on any atom is -0.423 e. The zero-order valence-electron chi connectivity index (χ0n) is 8.82. The smallest absolute Gasteiger partial charge is 0.417 e. The molecule has 2 rings (SSSR count). The number of amides is 1. The minimum atomic E-state index is -1.40. The third-order valence-corrected chi connectivity index (χ3v) is 2.67. The number of aliphatic hydroxyl groups is 2. The molecule has 7 nitrogen and oxygen atoms in total. The number of hydrogen-bond donors (Lipinski definition) is 3. The molecule has 2 aliphatic heterocycles. The molecule has 2 heterocycles. The van der Waals surface area contributed by atoms with Gasteiger partial charge in [0.25, 0.3) is 0 Å². The number of hydrogen-bond acceptors (Lipinski definition) is 6. The highest BCUT2D eigenvalue weighted by atomic mass is 19.1. The van der Waals surface area contributed by atoms with Crippen molar-refractivity contribution in [2.75, 3.05) is 6.61 Å². The molecule has 4 N–H and O–H groups in total. The van der Waals surface area contributed by atoms with Crippen molar-refractivity contribution < 1.29 is 28.9 Å². The molecule has 0 aromatic carbocycles. The highest BCUT2D eigenvalue weighted by Crippen LogP contribution is 2.27. The lowest BCUT2D eigenvalue weighted by Gasteiger charge is -2.29. The molecule has 0 spiro atoms. The maximum Gasteiger partial charge on any atom is 0.417 e. The van der Waals surface area contributed by atoms with Gasteiger partial charge in [-0.15, -0.1) is 0 Å². The normalized spacial score (nSPS) is 38.0. The van der Waals surface area contributed by atoms with Crippen LogP contribution < -0.4 is 5.73 Å². The van der Waals surface area contributed by atoms with Gasteiger partial charge in [-0.2, -0.15) is 0 Å². The molecule has 8 heteroatoms. The van der Waals surface area contributed by atoms with Gasteiger partial charge in [0.15, 0.2) is 5.83 Å². The summed E-state index contributed by atoms with van der Waals surface area (Å²) in [5.74, 6) is -0.810. The van der Waals surface area contributed by atoms with Crippen LogP contribution in [0.3, 0.4) is 0 Å². The van der Waals surface area contributed by atoms with E-state index in [1.807, 2.05) is 0 Å². The predicted molar refractivity (Wildman–Crippen MR) is 51.9 cm³/mol. The first-order valence-electron chi connectivity index (χ1n) is 5.09. The number of ether oxygens (including phenoxy) is 2. The third kappa shape index (κ3) is 2.25. The first-order chi connectivity index (χ1) is 8.02. The second kappa shape index (κ2) is 4.57. The molecule has 1 fully saturated rings. The summed E-state index contributed by atoms with van der Waals surface area (Å²) in [5.41, 5.74) is 5.17. The topological polar surface area (TPSA) is 105 Å². The molecule has 0 aromatic heterocycles. The van der Waals surface area contributed by atoms with Gasteiger partial charge < -0.3 is 19.7 Å². The molecule has 0 aromatic rings. The fraction of sp³-hybridized carbons (Fsp3) is 0.667. The molecule has 0 radical (unpaired) electrons. The summed E-state index contributed by atoms with van der Waals surface area (Å²) in [6, 6.07) is 0. The van der Waals surface area contributed by atoms with Crippen LogP contribution in [0.5, 0.6) is 0 Å². The van der Waals surface area contributed by atoms with E-state index in [4.69, 9.17) is 15.6 Å². The number of aliphatic hydroxyl groups excluding tert-OH is 2. The van der Waals surface area contributed by atoms with Crippen molar-refractivity contribution in [3.8, 4) is 0 Å². The van der Waals surface area contributed by atoms with Crippen LogP contribution in [0.15, 0.2) is 12.0 Å². The number of nitrogens with zero attached hydrogens (tertiary/aromatic N) is 1. The maximum absolute atomic E-state index is 13.2. The average Bonchev–Trinajstić information content (AvgIpc) is 2.65. The molecule has 1 unspecified atom stereocenters. The van der Waals surface area contributed by atoms with Crippen molar-refractivity contribution in [2.45, 2.75) is 31.1 Å². The van der Waals surface area contributed by atoms with Crippen LogP contribution in [0.4, 0.5) is 9.18 Å². The molecule has 4 atom stereocenters. The Kier molecular flexibility index (Phi) is 3.29. The Hall–Kier alpha value is -1.22. The van der Waals surface area contributed by atoms with Crippen LogP contribution in [-0.4, -0.2) is 52.5 Å². The van der Waals surface area contributed by atoms with Crippen LogP contribution in [0.2, 0.25) is 0 Å². The summed E-state index contributed by atoms with van der Waals surface area (Å²) in [6.45, 7) is -0.383. The van der Waals surface area contributed by atoms with Crippen molar-refractivity contribution in [1.29, 1.82) is 0 Å². The first-order valence-corrected chi connectivity index (χ1v) is 5.09. The Morgan fingerprint density at radius 1 is 1.65 bits per heavy atom. The van der Waals surface area contributed by atoms with Crippen molar-refractivity contribution in [3.63, 3.8) is 0 Å². The second-order valence-electron chi connectivity index (χ2n) is 3.84. The Balaban J connectivity index is 2.11. The highest BCUT2D eigenvalue weighted by Gasteiger charge is 2.41. The zero-order valence-corrected chi connectivity index (χ0v) is 8.82. The first kappa shape index (κ1) is 12.2. The van der Waals surface area contributed by atoms with Gasteiger partial charge in [0.2, 0.25) is 6.23 Å². The fourth-order valence-corrected chi connectivity index (χ4v) is 1.74. The number of cyclic esters (lactones) is 1. The molecule has 17 heavy (non-hydrogen) atoms. The Morgan fingerprint density at radius 3 is 2.94 bits per heavy atom. The van der Waals surface area contributed by atoms with E-state index in [2.05, 4.69) is 4.74 Å². The highest BCUT2D eigenvalue weighted by molar-refractivity contribution is 5.70. The van der Waals surface area contributed by atoms with Gasteiger partial charge in [0.05, 0.1) is 12.7 Å². The largest absolute Gasteiger partial charge is 0.423 e. The van der Waals surface area contributed by atoms with E-state index in [1.165, 1.54) is 0 Å². The molecule has 0 saturated carbocycles. The van der Waals surface area contributed by atoms with Crippen molar-refractivity contribution >= 4 is 6.09 Å². The number of rotatable bonds is 2. The van der Waals surface area contributed by atoms with Gasteiger partial charge >= 0.3 is 6.09 Å². The average molecular weight is 248 g/mol. The Labute approximate surface area is 96.2 Å². The van der Waals surface area contributed by atoms with Crippen LogP contribution in [0, 0.1) is 0 Å². The van der Waals surface area contributed by atoms with Gasteiger partial charge in [0.1, 0.15) is 12.3 Å². The number of nitrogens with two attached hydrogens (primary N) is 1. The van der Waals surface area contributed by atoms with E-state index >= 15 is 0 Å². The quantitative estimate of drug-likeness (QED) is 0.579. The summed E-state index contributed by atoms with van der Waals surface area (Å²) in [5, 5.41) is 18.4. The van der Waals surface area contributed by atoms with Crippen LogP contribution in [0.25, 0.3) is 0 Å². The summed E-state index contributed by atoms with van der Waals surface area (Å²) in [6.07, 6.45) is -3.88. The molecule has 96 valence electrons. The van der Waals surface area contributed by atoms with Crippen molar-refractivity contribution in [2.24, 2.45) is 5.73 Å². The molecule has 0 bridgehead atoms. The zero-order chi connectivity index (χ0) is 12.6. The van der Waals surface area contributed by atoms with E-state index in [-0.39, 0.29) is 13.0 Å². The van der Waals surface area contributed by atoms with Crippen molar-refractivity contribution in [1.82, 2.24) is 4.90 Å². The van der Waals surface area contributed by atoms with Gasteiger partial charge in [-0.3, -0.25) is 10.6 Å². The van der Waals surface area contributed by atoms with Gasteiger partial charge in [-0.1, -0.05) is 0 Å². The summed E-state index contributed by atoms with van der Waals surface area (Å²) < 4.78 is 22.9. The second-order valence-corrected chi connectivity index (χ2v) is 3.84. The molecule has 1 amide bonds. The number of carbonyl (C=O) groups is 1. The lowest BCUT2D eigenvalue weighted by atomic mass is 10.2.